The summed E-state index contributed by atoms with van der Waals surface area (Å²) in [5.41, 5.74) is -0.315. The van der Waals surface area contributed by atoms with E-state index in [9.17, 15) is 14.0 Å². The number of nitrogens with zero attached hydrogens (tertiary/aromatic N) is 1. The predicted octanol–water partition coefficient (Wildman–Crippen LogP) is 4.45. The first-order valence-corrected chi connectivity index (χ1v) is 6.56. The Labute approximate surface area is 113 Å². The summed E-state index contributed by atoms with van der Waals surface area (Å²) in [5.74, 6) is -1.26. The van der Waals surface area contributed by atoms with Crippen molar-refractivity contribution in [2.75, 3.05) is 6.61 Å². The van der Waals surface area contributed by atoms with Gasteiger partial charge in [-0.05, 0) is 37.8 Å². The van der Waals surface area contributed by atoms with E-state index >= 15 is 0 Å². The summed E-state index contributed by atoms with van der Waals surface area (Å²) in [6, 6.07) is 5.59. The first kappa shape index (κ1) is 15.4. The van der Waals surface area contributed by atoms with Crippen LogP contribution in [0.25, 0.3) is 0 Å². The lowest BCUT2D eigenvalue weighted by atomic mass is 9.80. The molecule has 0 unspecified atom stereocenters. The average molecular weight is 267 g/mol. The second-order valence-corrected chi connectivity index (χ2v) is 4.63. The monoisotopic (exact) mass is 267 g/mol. The maximum absolute atomic E-state index is 13.3. The smallest absolute Gasteiger partial charge is 0.167 e. The zero-order chi connectivity index (χ0) is 14.3. The molecule has 0 spiro atoms. The molecule has 0 aromatic heterocycles. The number of hydrogen-bond acceptors (Lipinski definition) is 2. The number of ether oxygens (including phenoxy) is 1. The standard InChI is InChI=1S/C15H19F2NO/c1-3-15(4-2,11-18)8-5-9-19-14-7-6-12(16)10-13(14)17/h6-7,10H,3-5,8-9H2,1-2H3. The second-order valence-electron chi connectivity index (χ2n) is 4.63. The van der Waals surface area contributed by atoms with Crippen LogP contribution < -0.4 is 4.74 Å². The number of benzene rings is 1. The minimum atomic E-state index is -0.697. The molecule has 0 atom stereocenters. The normalized spacial score (nSPS) is 11.1. The van der Waals surface area contributed by atoms with E-state index in [1.807, 2.05) is 13.8 Å². The van der Waals surface area contributed by atoms with Crippen molar-refractivity contribution in [2.45, 2.75) is 39.5 Å². The van der Waals surface area contributed by atoms with Gasteiger partial charge in [0.05, 0.1) is 18.1 Å². The Morgan fingerprint density at radius 1 is 1.26 bits per heavy atom. The van der Waals surface area contributed by atoms with Gasteiger partial charge < -0.3 is 4.74 Å². The molecular formula is C15H19F2NO. The van der Waals surface area contributed by atoms with Gasteiger partial charge in [-0.2, -0.15) is 5.26 Å². The average Bonchev–Trinajstić information content (AvgIpc) is 2.42. The van der Waals surface area contributed by atoms with Gasteiger partial charge in [0.2, 0.25) is 0 Å². The Kier molecular flexibility index (Phi) is 5.75. The molecule has 0 saturated heterocycles. The first-order chi connectivity index (χ1) is 9.06. The van der Waals surface area contributed by atoms with Crippen LogP contribution in [0.3, 0.4) is 0 Å². The lowest BCUT2D eigenvalue weighted by Gasteiger charge is -2.22. The van der Waals surface area contributed by atoms with Gasteiger partial charge in [0.15, 0.2) is 11.6 Å². The zero-order valence-corrected chi connectivity index (χ0v) is 11.4. The van der Waals surface area contributed by atoms with E-state index in [2.05, 4.69) is 6.07 Å². The third-order valence-electron chi connectivity index (χ3n) is 3.54. The number of halogens is 2. The fourth-order valence-electron chi connectivity index (χ4n) is 2.00. The van der Waals surface area contributed by atoms with Crippen LogP contribution in [0.1, 0.15) is 39.5 Å². The molecule has 4 heteroatoms. The molecule has 1 rings (SSSR count). The number of nitriles is 1. The number of rotatable bonds is 7. The highest BCUT2D eigenvalue weighted by Gasteiger charge is 2.24. The highest BCUT2D eigenvalue weighted by atomic mass is 19.1. The summed E-state index contributed by atoms with van der Waals surface area (Å²) < 4.78 is 31.3. The van der Waals surface area contributed by atoms with Gasteiger partial charge in [-0.15, -0.1) is 0 Å². The summed E-state index contributed by atoms with van der Waals surface area (Å²) in [7, 11) is 0. The Morgan fingerprint density at radius 3 is 2.47 bits per heavy atom. The molecule has 104 valence electrons. The molecule has 1 aromatic rings. The Balaban J connectivity index is 2.45. The van der Waals surface area contributed by atoms with Crippen molar-refractivity contribution < 1.29 is 13.5 Å². The van der Waals surface area contributed by atoms with Gasteiger partial charge in [-0.1, -0.05) is 13.8 Å². The minimum absolute atomic E-state index is 0.0527. The molecule has 0 fully saturated rings. The van der Waals surface area contributed by atoms with Gasteiger partial charge in [-0.3, -0.25) is 0 Å². The van der Waals surface area contributed by atoms with Crippen molar-refractivity contribution in [3.8, 4) is 11.8 Å². The van der Waals surface area contributed by atoms with Crippen molar-refractivity contribution in [2.24, 2.45) is 5.41 Å². The maximum atomic E-state index is 13.3. The molecule has 0 saturated carbocycles. The van der Waals surface area contributed by atoms with Crippen molar-refractivity contribution in [1.82, 2.24) is 0 Å². The molecule has 0 radical (unpaired) electrons. The summed E-state index contributed by atoms with van der Waals surface area (Å²) in [6.07, 6.45) is 2.99. The summed E-state index contributed by atoms with van der Waals surface area (Å²) >= 11 is 0. The van der Waals surface area contributed by atoms with Crippen LogP contribution in [-0.2, 0) is 0 Å². The lowest BCUT2D eigenvalue weighted by Crippen LogP contribution is -2.17. The molecule has 0 aliphatic rings. The van der Waals surface area contributed by atoms with Gasteiger partial charge >= 0.3 is 0 Å². The van der Waals surface area contributed by atoms with Crippen molar-refractivity contribution in [3.05, 3.63) is 29.8 Å². The van der Waals surface area contributed by atoms with E-state index in [0.29, 0.717) is 13.0 Å². The van der Waals surface area contributed by atoms with Crippen LogP contribution in [0.2, 0.25) is 0 Å². The van der Waals surface area contributed by atoms with Crippen LogP contribution in [0.5, 0.6) is 5.75 Å². The van der Waals surface area contributed by atoms with Crippen LogP contribution in [0, 0.1) is 28.4 Å². The summed E-state index contributed by atoms with van der Waals surface area (Å²) in [5, 5.41) is 9.18. The maximum Gasteiger partial charge on any atom is 0.167 e. The molecule has 1 aromatic carbocycles. The van der Waals surface area contributed by atoms with E-state index in [1.54, 1.807) is 0 Å². The summed E-state index contributed by atoms with van der Waals surface area (Å²) in [6.45, 7) is 4.31. The molecule has 0 bridgehead atoms. The lowest BCUT2D eigenvalue weighted by molar-refractivity contribution is 0.251. The molecule has 0 amide bonds. The Morgan fingerprint density at radius 2 is 1.95 bits per heavy atom. The molecule has 0 N–H and O–H groups in total. The van der Waals surface area contributed by atoms with E-state index in [-0.39, 0.29) is 11.2 Å². The van der Waals surface area contributed by atoms with Crippen LogP contribution in [0.4, 0.5) is 8.78 Å². The molecule has 0 aliphatic heterocycles. The fourth-order valence-corrected chi connectivity index (χ4v) is 2.00. The van der Waals surface area contributed by atoms with Crippen LogP contribution in [-0.4, -0.2) is 6.61 Å². The highest BCUT2D eigenvalue weighted by Crippen LogP contribution is 2.31. The van der Waals surface area contributed by atoms with Crippen LogP contribution in [0.15, 0.2) is 18.2 Å². The van der Waals surface area contributed by atoms with E-state index in [4.69, 9.17) is 4.74 Å². The predicted molar refractivity (Wildman–Crippen MR) is 69.7 cm³/mol. The van der Waals surface area contributed by atoms with Gasteiger partial charge in [0, 0.05) is 6.07 Å². The topological polar surface area (TPSA) is 33.0 Å². The molecule has 0 aliphatic carbocycles. The van der Waals surface area contributed by atoms with Crippen LogP contribution >= 0.6 is 0 Å². The molecule has 2 nitrogen and oxygen atoms in total. The minimum Gasteiger partial charge on any atom is -0.491 e. The Hall–Kier alpha value is -1.63. The summed E-state index contributed by atoms with van der Waals surface area (Å²) in [4.78, 5) is 0. The van der Waals surface area contributed by atoms with Crippen molar-refractivity contribution in [1.29, 1.82) is 5.26 Å². The SMILES string of the molecule is CCC(C#N)(CC)CCCOc1ccc(F)cc1F. The quantitative estimate of drug-likeness (QED) is 0.683. The van der Waals surface area contributed by atoms with Gasteiger partial charge in [0.1, 0.15) is 5.82 Å². The van der Waals surface area contributed by atoms with E-state index in [1.165, 1.54) is 6.07 Å². The number of hydrogen-bond donors (Lipinski definition) is 0. The fraction of sp³-hybridized carbons (Fsp3) is 0.533. The van der Waals surface area contributed by atoms with E-state index < -0.39 is 11.6 Å². The third kappa shape index (κ3) is 4.20. The first-order valence-electron chi connectivity index (χ1n) is 6.56. The van der Waals surface area contributed by atoms with Gasteiger partial charge in [0.25, 0.3) is 0 Å². The zero-order valence-electron chi connectivity index (χ0n) is 11.4. The van der Waals surface area contributed by atoms with Gasteiger partial charge in [-0.25, -0.2) is 8.78 Å². The largest absolute Gasteiger partial charge is 0.491 e. The third-order valence-corrected chi connectivity index (χ3v) is 3.54. The molecule has 19 heavy (non-hydrogen) atoms. The molecular weight excluding hydrogens is 248 g/mol. The highest BCUT2D eigenvalue weighted by molar-refractivity contribution is 5.24. The Bertz CT molecular complexity index is 450. The molecule has 0 heterocycles. The van der Waals surface area contributed by atoms with E-state index in [0.717, 1.165) is 31.4 Å². The second kappa shape index (κ2) is 7.08. The van der Waals surface area contributed by atoms with Crippen molar-refractivity contribution in [3.63, 3.8) is 0 Å². The van der Waals surface area contributed by atoms with Crippen molar-refractivity contribution >= 4 is 0 Å².